The third kappa shape index (κ3) is 3.41. The molecule has 3 rings (SSSR count). The van der Waals surface area contributed by atoms with Crippen LogP contribution in [0.25, 0.3) is 0 Å². The van der Waals surface area contributed by atoms with E-state index in [0.29, 0.717) is 18.2 Å². The Kier molecular flexibility index (Phi) is 4.14. The molecule has 1 heterocycles. The van der Waals surface area contributed by atoms with Crippen molar-refractivity contribution in [3.63, 3.8) is 0 Å². The first kappa shape index (κ1) is 15.3. The highest BCUT2D eigenvalue weighted by Gasteiger charge is 2.23. The van der Waals surface area contributed by atoms with Gasteiger partial charge in [-0.1, -0.05) is 38.1 Å². The lowest BCUT2D eigenvalue weighted by Gasteiger charge is -2.23. The number of ketones is 1. The highest BCUT2D eigenvalue weighted by atomic mass is 16.6. The van der Waals surface area contributed by atoms with Crippen LogP contribution in [-0.4, -0.2) is 16.1 Å². The first-order chi connectivity index (χ1) is 11.0. The minimum absolute atomic E-state index is 0.0895. The molecule has 1 aromatic carbocycles. The first-order valence-corrected chi connectivity index (χ1v) is 7.71. The van der Waals surface area contributed by atoms with Crippen LogP contribution in [0.4, 0.5) is 11.6 Å². The van der Waals surface area contributed by atoms with Crippen molar-refractivity contribution < 1.29 is 9.42 Å². The lowest BCUT2D eigenvalue weighted by atomic mass is 9.84. The van der Waals surface area contributed by atoms with Gasteiger partial charge in [-0.05, 0) is 39.7 Å². The molecule has 1 atom stereocenters. The molecule has 6 nitrogen and oxygen atoms in total. The Bertz CT molecular complexity index is 731. The zero-order valence-electron chi connectivity index (χ0n) is 13.2. The van der Waals surface area contributed by atoms with Crippen molar-refractivity contribution in [3.8, 4) is 0 Å². The molecule has 0 saturated heterocycles. The van der Waals surface area contributed by atoms with E-state index in [1.54, 1.807) is 6.08 Å². The number of nitrogens with zero attached hydrogens (tertiary/aromatic N) is 2. The molecule has 1 aromatic heterocycles. The van der Waals surface area contributed by atoms with Crippen LogP contribution < -0.4 is 11.1 Å². The molecule has 0 bridgehead atoms. The minimum atomic E-state index is 0.0895. The largest absolute Gasteiger partial charge is 0.378 e. The molecule has 0 aliphatic heterocycles. The molecule has 0 radical (unpaired) electrons. The Morgan fingerprint density at radius 2 is 1.96 bits per heavy atom. The fraction of sp³-hybridized carbons (Fsp3) is 0.353. The number of hydrogen-bond donors (Lipinski definition) is 2. The van der Waals surface area contributed by atoms with Crippen LogP contribution in [0.5, 0.6) is 0 Å². The van der Waals surface area contributed by atoms with Crippen LogP contribution in [0.2, 0.25) is 0 Å². The van der Waals surface area contributed by atoms with Gasteiger partial charge in [0.1, 0.15) is 0 Å². The van der Waals surface area contributed by atoms with Gasteiger partial charge in [0.25, 0.3) is 0 Å². The third-order valence-electron chi connectivity index (χ3n) is 4.12. The van der Waals surface area contributed by atoms with Crippen molar-refractivity contribution in [2.45, 2.75) is 38.5 Å². The molecule has 0 saturated carbocycles. The van der Waals surface area contributed by atoms with E-state index < -0.39 is 0 Å². The molecule has 23 heavy (non-hydrogen) atoms. The molecule has 0 spiro atoms. The number of rotatable bonds is 4. The van der Waals surface area contributed by atoms with Gasteiger partial charge in [0, 0.05) is 18.2 Å². The van der Waals surface area contributed by atoms with Gasteiger partial charge < -0.3 is 11.1 Å². The Hall–Kier alpha value is -2.63. The van der Waals surface area contributed by atoms with Crippen LogP contribution in [0.3, 0.4) is 0 Å². The van der Waals surface area contributed by atoms with Crippen LogP contribution in [0.15, 0.2) is 40.7 Å². The van der Waals surface area contributed by atoms with E-state index in [-0.39, 0.29) is 17.5 Å². The van der Waals surface area contributed by atoms with Gasteiger partial charge in [-0.15, -0.1) is 0 Å². The van der Waals surface area contributed by atoms with E-state index in [1.807, 2.05) is 0 Å². The molecular weight excluding hydrogens is 292 g/mol. The Morgan fingerprint density at radius 1 is 1.22 bits per heavy atom. The summed E-state index contributed by atoms with van der Waals surface area (Å²) < 4.78 is 4.56. The number of benzene rings is 1. The van der Waals surface area contributed by atoms with Crippen molar-refractivity contribution >= 4 is 17.4 Å². The van der Waals surface area contributed by atoms with Crippen LogP contribution in [-0.2, 0) is 4.79 Å². The Morgan fingerprint density at radius 3 is 2.57 bits per heavy atom. The number of carbonyl (C=O) groups is 1. The summed E-state index contributed by atoms with van der Waals surface area (Å²) in [6.07, 6.45) is 2.84. The number of nitrogens with one attached hydrogen (secondary N) is 1. The van der Waals surface area contributed by atoms with Crippen LogP contribution >= 0.6 is 0 Å². The summed E-state index contributed by atoms with van der Waals surface area (Å²) in [6.45, 7) is 4.33. The summed E-state index contributed by atoms with van der Waals surface area (Å²) in [5.74, 6) is 1.27. The normalized spacial score (nSPS) is 18.1. The summed E-state index contributed by atoms with van der Waals surface area (Å²) >= 11 is 0. The summed E-state index contributed by atoms with van der Waals surface area (Å²) in [7, 11) is 0. The van der Waals surface area contributed by atoms with Crippen molar-refractivity contribution in [1.82, 2.24) is 10.3 Å². The minimum Gasteiger partial charge on any atom is -0.378 e. The van der Waals surface area contributed by atoms with E-state index >= 15 is 0 Å². The molecule has 2 aromatic rings. The van der Waals surface area contributed by atoms with Gasteiger partial charge in [-0.2, -0.15) is 0 Å². The number of anilines is 2. The average molecular weight is 312 g/mol. The van der Waals surface area contributed by atoms with Gasteiger partial charge in [0.05, 0.1) is 0 Å². The fourth-order valence-electron chi connectivity index (χ4n) is 2.80. The van der Waals surface area contributed by atoms with Gasteiger partial charge in [-0.25, -0.2) is 4.63 Å². The zero-order valence-corrected chi connectivity index (χ0v) is 13.2. The predicted octanol–water partition coefficient (Wildman–Crippen LogP) is 3.22. The SMILES string of the molecule is CC(C)c1ccc([C@@H]2CC(=O)C=C(Nc3nonc3N)C2)cc1. The highest BCUT2D eigenvalue weighted by Crippen LogP contribution is 2.33. The van der Waals surface area contributed by atoms with E-state index in [2.05, 4.69) is 58.4 Å². The lowest BCUT2D eigenvalue weighted by Crippen LogP contribution is -2.17. The van der Waals surface area contributed by atoms with Crippen LogP contribution in [0.1, 0.15) is 49.7 Å². The smallest absolute Gasteiger partial charge is 0.219 e. The highest BCUT2D eigenvalue weighted by molar-refractivity contribution is 5.92. The van der Waals surface area contributed by atoms with Crippen molar-refractivity contribution in [2.75, 3.05) is 11.1 Å². The maximum Gasteiger partial charge on any atom is 0.219 e. The van der Waals surface area contributed by atoms with Crippen molar-refractivity contribution in [1.29, 1.82) is 0 Å². The van der Waals surface area contributed by atoms with Gasteiger partial charge in [0.2, 0.25) is 11.6 Å². The second-order valence-electron chi connectivity index (χ2n) is 6.19. The molecule has 1 aliphatic carbocycles. The number of allylic oxidation sites excluding steroid dienone is 2. The Balaban J connectivity index is 1.76. The van der Waals surface area contributed by atoms with Gasteiger partial charge >= 0.3 is 0 Å². The third-order valence-corrected chi connectivity index (χ3v) is 4.12. The second kappa shape index (κ2) is 6.24. The number of hydrogen-bond acceptors (Lipinski definition) is 6. The second-order valence-corrected chi connectivity index (χ2v) is 6.19. The molecule has 3 N–H and O–H groups in total. The lowest BCUT2D eigenvalue weighted by molar-refractivity contribution is -0.115. The van der Waals surface area contributed by atoms with Crippen molar-refractivity contribution in [3.05, 3.63) is 47.2 Å². The molecule has 6 heteroatoms. The fourth-order valence-corrected chi connectivity index (χ4v) is 2.80. The predicted molar refractivity (Wildman–Crippen MR) is 87.9 cm³/mol. The summed E-state index contributed by atoms with van der Waals surface area (Å²) in [4.78, 5) is 12.0. The van der Waals surface area contributed by atoms with Crippen molar-refractivity contribution in [2.24, 2.45) is 0 Å². The first-order valence-electron chi connectivity index (χ1n) is 7.71. The summed E-state index contributed by atoms with van der Waals surface area (Å²) in [5, 5.41) is 10.2. The molecule has 0 amide bonds. The van der Waals surface area contributed by atoms with E-state index in [1.165, 1.54) is 11.1 Å². The average Bonchev–Trinajstić information content (AvgIpc) is 2.92. The summed E-state index contributed by atoms with van der Waals surface area (Å²) in [5.41, 5.74) is 8.89. The molecule has 1 aliphatic rings. The maximum atomic E-state index is 12.0. The molecular formula is C17H20N4O2. The summed E-state index contributed by atoms with van der Waals surface area (Å²) in [6, 6.07) is 8.50. The van der Waals surface area contributed by atoms with E-state index in [4.69, 9.17) is 5.73 Å². The van der Waals surface area contributed by atoms with E-state index in [0.717, 1.165) is 12.1 Å². The molecule has 0 fully saturated rings. The number of aromatic nitrogens is 2. The van der Waals surface area contributed by atoms with E-state index in [9.17, 15) is 4.79 Å². The monoisotopic (exact) mass is 312 g/mol. The standard InChI is InChI=1S/C17H20N4O2/c1-10(2)11-3-5-12(6-4-11)13-7-14(9-15(22)8-13)19-17-16(18)20-23-21-17/h3-6,9-10,13H,7-8H2,1-2H3,(H2,18,20)(H,19,21)/t13-/m0/s1. The quantitative estimate of drug-likeness (QED) is 0.900. The number of nitrogen functional groups attached to an aromatic ring is 1. The number of carbonyl (C=O) groups excluding carboxylic acids is 1. The Labute approximate surface area is 134 Å². The van der Waals surface area contributed by atoms with Crippen LogP contribution in [0, 0.1) is 0 Å². The van der Waals surface area contributed by atoms with Gasteiger partial charge in [-0.3, -0.25) is 4.79 Å². The maximum absolute atomic E-state index is 12.0. The molecule has 120 valence electrons. The number of nitrogens with two attached hydrogens (primary N) is 1. The topological polar surface area (TPSA) is 94.0 Å². The molecule has 0 unspecified atom stereocenters. The van der Waals surface area contributed by atoms with Gasteiger partial charge in [0.15, 0.2) is 5.78 Å². The zero-order chi connectivity index (χ0) is 16.4.